The van der Waals surface area contributed by atoms with Crippen LogP contribution >= 0.6 is 46.0 Å². The van der Waals surface area contributed by atoms with Crippen molar-refractivity contribution in [3.8, 4) is 11.5 Å². The Hall–Kier alpha value is -2.24. The number of ether oxygens (including phenoxy) is 2. The highest BCUT2D eigenvalue weighted by atomic mass is 127. The molecule has 0 N–H and O–H groups in total. The second-order valence-corrected chi connectivity index (χ2v) is 10.7. The van der Waals surface area contributed by atoms with Gasteiger partial charge in [0.05, 0.1) is 15.6 Å². The number of nitrogens with zero attached hydrogens (tertiary/aromatic N) is 2. The van der Waals surface area contributed by atoms with E-state index in [1.54, 1.807) is 23.1 Å². The van der Waals surface area contributed by atoms with Crippen molar-refractivity contribution in [2.75, 3.05) is 26.7 Å². The monoisotopic (exact) mass is 626 g/mol. The van der Waals surface area contributed by atoms with Crippen molar-refractivity contribution < 1.29 is 23.9 Å². The number of amides is 3. The molecule has 0 saturated carbocycles. The van der Waals surface area contributed by atoms with E-state index in [9.17, 15) is 14.4 Å². The standard InChI is InChI=1S/C25H24ClIN2O5S/c1-33-20-12-16(11-19(27)23(20)34-15-17-7-3-4-8-18(17)26)13-21-24(31)29(25(32)35-21)14-22(30)28-9-5-2-6-10-28/h3-4,7-8,11-13H,2,5-6,9-10,14-15H2,1H3/b21-13+. The first kappa shape index (κ1) is 25.8. The first-order valence-corrected chi connectivity index (χ1v) is 13.4. The van der Waals surface area contributed by atoms with Gasteiger partial charge in [0, 0.05) is 23.7 Å². The van der Waals surface area contributed by atoms with Crippen LogP contribution in [0.15, 0.2) is 41.3 Å². The van der Waals surface area contributed by atoms with Crippen LogP contribution in [0.2, 0.25) is 5.02 Å². The fourth-order valence-corrected chi connectivity index (χ4v) is 5.70. The molecule has 2 aromatic carbocycles. The quantitative estimate of drug-likeness (QED) is 0.295. The van der Waals surface area contributed by atoms with E-state index < -0.39 is 11.1 Å². The van der Waals surface area contributed by atoms with Crippen LogP contribution in [0.4, 0.5) is 4.79 Å². The summed E-state index contributed by atoms with van der Waals surface area (Å²) in [5, 5.41) is 0.181. The summed E-state index contributed by atoms with van der Waals surface area (Å²) in [6, 6.07) is 11.0. The predicted octanol–water partition coefficient (Wildman–Crippen LogP) is 5.58. The van der Waals surface area contributed by atoms with Crippen LogP contribution in [0.25, 0.3) is 6.08 Å². The van der Waals surface area contributed by atoms with Gasteiger partial charge in [-0.1, -0.05) is 29.8 Å². The molecule has 2 aromatic rings. The third-order valence-electron chi connectivity index (χ3n) is 5.76. The lowest BCUT2D eigenvalue weighted by Crippen LogP contribution is -2.44. The molecule has 0 atom stereocenters. The Balaban J connectivity index is 1.49. The maximum atomic E-state index is 12.9. The Morgan fingerprint density at radius 3 is 2.63 bits per heavy atom. The second-order valence-electron chi connectivity index (χ2n) is 8.12. The van der Waals surface area contributed by atoms with Crippen molar-refractivity contribution in [1.29, 1.82) is 0 Å². The number of carbonyl (C=O) groups excluding carboxylic acids is 3. The Bertz CT molecular complexity index is 1180. The van der Waals surface area contributed by atoms with E-state index >= 15 is 0 Å². The lowest BCUT2D eigenvalue weighted by atomic mass is 10.1. The van der Waals surface area contributed by atoms with Crippen LogP contribution in [0, 0.1) is 3.57 Å². The van der Waals surface area contributed by atoms with Crippen molar-refractivity contribution in [3.05, 3.63) is 61.0 Å². The number of rotatable bonds is 7. The van der Waals surface area contributed by atoms with E-state index in [4.69, 9.17) is 21.1 Å². The van der Waals surface area contributed by atoms with Gasteiger partial charge in [0.25, 0.3) is 11.1 Å². The number of carbonyl (C=O) groups is 3. The summed E-state index contributed by atoms with van der Waals surface area (Å²) in [6.07, 6.45) is 4.64. The third-order valence-corrected chi connectivity index (χ3v) is 7.83. The first-order valence-electron chi connectivity index (χ1n) is 11.1. The normalized spacial score (nSPS) is 17.3. The van der Waals surface area contributed by atoms with Crippen molar-refractivity contribution in [2.24, 2.45) is 0 Å². The van der Waals surface area contributed by atoms with Crippen LogP contribution in [0.3, 0.4) is 0 Å². The molecular formula is C25H24ClIN2O5S. The molecule has 2 aliphatic heterocycles. The molecule has 10 heteroatoms. The van der Waals surface area contributed by atoms with Crippen LogP contribution in [-0.4, -0.2) is 53.6 Å². The highest BCUT2D eigenvalue weighted by Crippen LogP contribution is 2.38. The van der Waals surface area contributed by atoms with Crippen LogP contribution in [0.5, 0.6) is 11.5 Å². The van der Waals surface area contributed by atoms with Gasteiger partial charge >= 0.3 is 0 Å². The summed E-state index contributed by atoms with van der Waals surface area (Å²) in [5.41, 5.74) is 1.54. The van der Waals surface area contributed by atoms with E-state index in [0.29, 0.717) is 35.2 Å². The van der Waals surface area contributed by atoms with Gasteiger partial charge in [-0.25, -0.2) is 0 Å². The minimum atomic E-state index is -0.460. The number of likely N-dealkylation sites (tertiary alicyclic amines) is 1. The number of halogens is 2. The highest BCUT2D eigenvalue weighted by molar-refractivity contribution is 14.1. The van der Waals surface area contributed by atoms with E-state index in [1.807, 2.05) is 24.3 Å². The predicted molar refractivity (Wildman–Crippen MR) is 145 cm³/mol. The molecule has 2 fully saturated rings. The van der Waals surface area contributed by atoms with Crippen LogP contribution < -0.4 is 9.47 Å². The fourth-order valence-electron chi connectivity index (χ4n) is 3.89. The minimum Gasteiger partial charge on any atom is -0.493 e. The zero-order chi connectivity index (χ0) is 24.9. The van der Waals surface area contributed by atoms with Gasteiger partial charge in [0.2, 0.25) is 5.91 Å². The van der Waals surface area contributed by atoms with Crippen LogP contribution in [-0.2, 0) is 16.2 Å². The molecule has 0 aromatic heterocycles. The molecular weight excluding hydrogens is 603 g/mol. The summed E-state index contributed by atoms with van der Waals surface area (Å²) in [7, 11) is 1.54. The molecule has 2 heterocycles. The molecule has 0 aliphatic carbocycles. The SMILES string of the molecule is COc1cc(/C=C2/SC(=O)N(CC(=O)N3CCCCC3)C2=O)cc(I)c1OCc1ccccc1Cl. The number of thioether (sulfide) groups is 1. The van der Waals surface area contributed by atoms with E-state index in [2.05, 4.69) is 22.6 Å². The van der Waals surface area contributed by atoms with Crippen molar-refractivity contribution in [3.63, 3.8) is 0 Å². The largest absolute Gasteiger partial charge is 0.493 e. The van der Waals surface area contributed by atoms with Crippen molar-refractivity contribution in [2.45, 2.75) is 25.9 Å². The van der Waals surface area contributed by atoms with E-state index in [1.165, 1.54) is 7.11 Å². The molecule has 0 unspecified atom stereocenters. The first-order chi connectivity index (χ1) is 16.9. The van der Waals surface area contributed by atoms with Gasteiger partial charge < -0.3 is 14.4 Å². The molecule has 184 valence electrons. The highest BCUT2D eigenvalue weighted by Gasteiger charge is 2.37. The average Bonchev–Trinajstić information content (AvgIpc) is 3.11. The van der Waals surface area contributed by atoms with Crippen LogP contribution in [0.1, 0.15) is 30.4 Å². The van der Waals surface area contributed by atoms with Gasteiger partial charge in [0.1, 0.15) is 13.2 Å². The summed E-state index contributed by atoms with van der Waals surface area (Å²) in [4.78, 5) is 41.0. The summed E-state index contributed by atoms with van der Waals surface area (Å²) in [6.45, 7) is 1.40. The average molecular weight is 627 g/mol. The molecule has 3 amide bonds. The maximum absolute atomic E-state index is 12.9. The topological polar surface area (TPSA) is 76.2 Å². The Morgan fingerprint density at radius 2 is 1.91 bits per heavy atom. The number of piperidine rings is 1. The van der Waals surface area contributed by atoms with Crippen molar-refractivity contribution >= 4 is 69.1 Å². The summed E-state index contributed by atoms with van der Waals surface area (Å²) >= 11 is 9.20. The molecule has 7 nitrogen and oxygen atoms in total. The molecule has 35 heavy (non-hydrogen) atoms. The summed E-state index contributed by atoms with van der Waals surface area (Å²) in [5.74, 6) is 0.406. The summed E-state index contributed by atoms with van der Waals surface area (Å²) < 4.78 is 12.3. The lowest BCUT2D eigenvalue weighted by Gasteiger charge is -2.27. The number of benzene rings is 2. The number of methoxy groups -OCH3 is 1. The van der Waals surface area contributed by atoms with E-state index in [-0.39, 0.29) is 24.0 Å². The van der Waals surface area contributed by atoms with E-state index in [0.717, 1.165) is 45.1 Å². The van der Waals surface area contributed by atoms with Gasteiger partial charge in [-0.15, -0.1) is 0 Å². The van der Waals surface area contributed by atoms with Gasteiger partial charge in [-0.2, -0.15) is 0 Å². The number of hydrogen-bond acceptors (Lipinski definition) is 6. The molecule has 2 aliphatic rings. The Morgan fingerprint density at radius 1 is 1.17 bits per heavy atom. The molecule has 0 spiro atoms. The smallest absolute Gasteiger partial charge is 0.294 e. The van der Waals surface area contributed by atoms with Gasteiger partial charge in [0.15, 0.2) is 11.5 Å². The number of hydrogen-bond donors (Lipinski definition) is 0. The maximum Gasteiger partial charge on any atom is 0.294 e. The fraction of sp³-hybridized carbons (Fsp3) is 0.320. The Labute approximate surface area is 226 Å². The Kier molecular flexibility index (Phi) is 8.61. The molecule has 0 radical (unpaired) electrons. The molecule has 2 saturated heterocycles. The van der Waals surface area contributed by atoms with Gasteiger partial charge in [-0.05, 0) is 83.5 Å². The third kappa shape index (κ3) is 6.13. The molecule has 4 rings (SSSR count). The second kappa shape index (κ2) is 11.7. The van der Waals surface area contributed by atoms with Gasteiger partial charge in [-0.3, -0.25) is 19.3 Å². The lowest BCUT2D eigenvalue weighted by molar-refractivity contribution is -0.136. The number of imide groups is 1. The zero-order valence-corrected chi connectivity index (χ0v) is 22.8. The molecule has 0 bridgehead atoms. The minimum absolute atomic E-state index is 0.190. The van der Waals surface area contributed by atoms with Crippen molar-refractivity contribution in [1.82, 2.24) is 9.80 Å². The zero-order valence-electron chi connectivity index (χ0n) is 19.1.